The van der Waals surface area contributed by atoms with Crippen LogP contribution < -0.4 is 0 Å². The topological polar surface area (TPSA) is 33.2 Å². The highest BCUT2D eigenvalue weighted by Gasteiger charge is 2.23. The van der Waals surface area contributed by atoms with E-state index in [9.17, 15) is 4.79 Å². The molecule has 0 radical (unpaired) electrons. The van der Waals surface area contributed by atoms with Gasteiger partial charge in [-0.3, -0.25) is 9.69 Å². The second kappa shape index (κ2) is 4.41. The Labute approximate surface area is 94.1 Å². The van der Waals surface area contributed by atoms with Gasteiger partial charge >= 0.3 is 0 Å². The highest BCUT2D eigenvalue weighted by molar-refractivity contribution is 7.09. The number of piperidine rings is 1. The number of aromatic nitrogens is 1. The van der Waals surface area contributed by atoms with Gasteiger partial charge < -0.3 is 0 Å². The summed E-state index contributed by atoms with van der Waals surface area (Å²) >= 11 is 1.71. The molecule has 1 fully saturated rings. The third-order valence-electron chi connectivity index (χ3n) is 2.78. The Balaban J connectivity index is 1.93. The number of rotatable bonds is 2. The fourth-order valence-corrected chi connectivity index (χ4v) is 2.72. The molecule has 1 aliphatic rings. The standard InChI is InChI=1S/C11H16N2OS/c1-8-5-13(4-3-10(8)14)6-11-12-9(2)7-15-11/h7-8H,3-6H2,1-2H3. The van der Waals surface area contributed by atoms with E-state index in [-0.39, 0.29) is 5.92 Å². The third kappa shape index (κ3) is 2.63. The molecule has 4 heteroatoms. The van der Waals surface area contributed by atoms with Gasteiger partial charge in [-0.1, -0.05) is 6.92 Å². The van der Waals surface area contributed by atoms with E-state index < -0.39 is 0 Å². The Hall–Kier alpha value is -0.740. The molecule has 82 valence electrons. The normalized spacial score (nSPS) is 23.3. The molecule has 1 aliphatic heterocycles. The number of hydrogen-bond acceptors (Lipinski definition) is 4. The van der Waals surface area contributed by atoms with E-state index in [1.54, 1.807) is 11.3 Å². The predicted molar refractivity (Wildman–Crippen MR) is 60.9 cm³/mol. The van der Waals surface area contributed by atoms with Gasteiger partial charge in [-0.15, -0.1) is 11.3 Å². The average molecular weight is 224 g/mol. The quantitative estimate of drug-likeness (QED) is 0.769. The zero-order chi connectivity index (χ0) is 10.8. The minimum atomic E-state index is 0.194. The largest absolute Gasteiger partial charge is 0.299 e. The Bertz CT molecular complexity index is 361. The Morgan fingerprint density at radius 2 is 2.47 bits per heavy atom. The monoisotopic (exact) mass is 224 g/mol. The number of nitrogens with zero attached hydrogens (tertiary/aromatic N) is 2. The SMILES string of the molecule is Cc1csc(CN2CCC(=O)C(C)C2)n1. The maximum atomic E-state index is 11.4. The van der Waals surface area contributed by atoms with Crippen molar-refractivity contribution in [3.8, 4) is 0 Å². The number of aryl methyl sites for hydroxylation is 1. The van der Waals surface area contributed by atoms with Crippen LogP contribution in [0.4, 0.5) is 0 Å². The highest BCUT2D eigenvalue weighted by atomic mass is 32.1. The molecule has 0 amide bonds. The molecule has 0 aliphatic carbocycles. The van der Waals surface area contributed by atoms with Gasteiger partial charge in [-0.05, 0) is 6.92 Å². The summed E-state index contributed by atoms with van der Waals surface area (Å²) in [5.74, 6) is 0.598. The van der Waals surface area contributed by atoms with Crippen LogP contribution in [0.3, 0.4) is 0 Å². The molecule has 1 atom stereocenters. The van der Waals surface area contributed by atoms with Crippen LogP contribution in [0.1, 0.15) is 24.0 Å². The molecule has 0 saturated carbocycles. The van der Waals surface area contributed by atoms with Gasteiger partial charge in [-0.25, -0.2) is 4.98 Å². The number of thiazole rings is 1. The van der Waals surface area contributed by atoms with E-state index in [2.05, 4.69) is 15.3 Å². The van der Waals surface area contributed by atoms with Crippen molar-refractivity contribution in [3.63, 3.8) is 0 Å². The van der Waals surface area contributed by atoms with Gasteiger partial charge in [0.05, 0.1) is 6.54 Å². The van der Waals surface area contributed by atoms with Crippen LogP contribution >= 0.6 is 11.3 Å². The van der Waals surface area contributed by atoms with Crippen molar-refractivity contribution in [3.05, 3.63) is 16.1 Å². The lowest BCUT2D eigenvalue weighted by molar-refractivity contribution is -0.125. The van der Waals surface area contributed by atoms with Crippen LogP contribution in [-0.4, -0.2) is 28.8 Å². The van der Waals surface area contributed by atoms with Gasteiger partial charge in [0.15, 0.2) is 0 Å². The lowest BCUT2D eigenvalue weighted by Crippen LogP contribution is -2.38. The van der Waals surface area contributed by atoms with Crippen molar-refractivity contribution in [2.75, 3.05) is 13.1 Å². The molecule has 2 heterocycles. The number of ketones is 1. The van der Waals surface area contributed by atoms with Crippen molar-refractivity contribution in [2.45, 2.75) is 26.8 Å². The van der Waals surface area contributed by atoms with Gasteiger partial charge in [0.1, 0.15) is 10.8 Å². The summed E-state index contributed by atoms with van der Waals surface area (Å²) in [5, 5.41) is 3.24. The van der Waals surface area contributed by atoms with Crippen molar-refractivity contribution in [1.29, 1.82) is 0 Å². The van der Waals surface area contributed by atoms with E-state index in [1.807, 2.05) is 13.8 Å². The van der Waals surface area contributed by atoms with Crippen LogP contribution in [0.15, 0.2) is 5.38 Å². The summed E-state index contributed by atoms with van der Waals surface area (Å²) in [6, 6.07) is 0. The minimum absolute atomic E-state index is 0.194. The summed E-state index contributed by atoms with van der Waals surface area (Å²) in [5.41, 5.74) is 1.09. The van der Waals surface area contributed by atoms with E-state index >= 15 is 0 Å². The van der Waals surface area contributed by atoms with Crippen molar-refractivity contribution in [2.24, 2.45) is 5.92 Å². The maximum Gasteiger partial charge on any atom is 0.138 e. The fraction of sp³-hybridized carbons (Fsp3) is 0.636. The molecule has 1 aromatic heterocycles. The first-order valence-corrected chi connectivity index (χ1v) is 6.19. The smallest absolute Gasteiger partial charge is 0.138 e. The molecule has 0 N–H and O–H groups in total. The molecular weight excluding hydrogens is 208 g/mol. The third-order valence-corrected chi connectivity index (χ3v) is 3.73. The molecule has 3 nitrogen and oxygen atoms in total. The zero-order valence-electron chi connectivity index (χ0n) is 9.19. The van der Waals surface area contributed by atoms with Crippen molar-refractivity contribution >= 4 is 17.1 Å². The van der Waals surface area contributed by atoms with Crippen LogP contribution in [0.5, 0.6) is 0 Å². The lowest BCUT2D eigenvalue weighted by atomic mass is 9.99. The number of carbonyl (C=O) groups excluding carboxylic acids is 1. The van der Waals surface area contributed by atoms with Crippen LogP contribution in [-0.2, 0) is 11.3 Å². The summed E-state index contributed by atoms with van der Waals surface area (Å²) in [6.07, 6.45) is 0.700. The molecule has 1 aromatic rings. The molecular formula is C11H16N2OS. The summed E-state index contributed by atoms with van der Waals surface area (Å²) in [6.45, 7) is 6.71. The Morgan fingerprint density at radius 1 is 1.67 bits per heavy atom. The number of carbonyl (C=O) groups is 1. The fourth-order valence-electron chi connectivity index (χ4n) is 1.91. The van der Waals surface area contributed by atoms with Gasteiger partial charge in [0, 0.05) is 36.5 Å². The van der Waals surface area contributed by atoms with Gasteiger partial charge in [0.25, 0.3) is 0 Å². The number of likely N-dealkylation sites (tertiary alicyclic amines) is 1. The van der Waals surface area contributed by atoms with E-state index in [4.69, 9.17) is 0 Å². The second-order valence-electron chi connectivity index (χ2n) is 4.24. The lowest BCUT2D eigenvalue weighted by Gasteiger charge is -2.28. The molecule has 0 aromatic carbocycles. The van der Waals surface area contributed by atoms with Crippen LogP contribution in [0.25, 0.3) is 0 Å². The average Bonchev–Trinajstić information content (AvgIpc) is 2.58. The van der Waals surface area contributed by atoms with Gasteiger partial charge in [0.2, 0.25) is 0 Å². The molecule has 1 saturated heterocycles. The predicted octanol–water partition coefficient (Wildman–Crippen LogP) is 1.86. The molecule has 15 heavy (non-hydrogen) atoms. The van der Waals surface area contributed by atoms with Crippen molar-refractivity contribution < 1.29 is 4.79 Å². The Kier molecular flexibility index (Phi) is 3.17. The first-order chi connectivity index (χ1) is 7.15. The first kappa shape index (κ1) is 10.8. The van der Waals surface area contributed by atoms with E-state index in [0.717, 1.165) is 30.3 Å². The van der Waals surface area contributed by atoms with Gasteiger partial charge in [-0.2, -0.15) is 0 Å². The maximum absolute atomic E-state index is 11.4. The molecule has 0 bridgehead atoms. The zero-order valence-corrected chi connectivity index (χ0v) is 10.0. The molecule has 1 unspecified atom stereocenters. The summed E-state index contributed by atoms with van der Waals surface area (Å²) < 4.78 is 0. The first-order valence-electron chi connectivity index (χ1n) is 5.31. The minimum Gasteiger partial charge on any atom is -0.299 e. The molecule has 2 rings (SSSR count). The van der Waals surface area contributed by atoms with Crippen molar-refractivity contribution in [1.82, 2.24) is 9.88 Å². The summed E-state index contributed by atoms with van der Waals surface area (Å²) in [7, 11) is 0. The summed E-state index contributed by atoms with van der Waals surface area (Å²) in [4.78, 5) is 18.1. The molecule has 0 spiro atoms. The van der Waals surface area contributed by atoms with Crippen LogP contribution in [0, 0.1) is 12.8 Å². The second-order valence-corrected chi connectivity index (χ2v) is 5.18. The highest BCUT2D eigenvalue weighted by Crippen LogP contribution is 2.17. The van der Waals surface area contributed by atoms with E-state index in [1.165, 1.54) is 0 Å². The Morgan fingerprint density at radius 3 is 3.07 bits per heavy atom. The number of Topliss-reactive ketones (excluding diaryl/α,β-unsaturated/α-hetero) is 1. The number of hydrogen-bond donors (Lipinski definition) is 0. The van der Waals surface area contributed by atoms with Crippen LogP contribution in [0.2, 0.25) is 0 Å². The van der Waals surface area contributed by atoms with E-state index in [0.29, 0.717) is 12.2 Å².